The van der Waals surface area contributed by atoms with Gasteiger partial charge in [0.25, 0.3) is 0 Å². The monoisotopic (exact) mass is 448 g/mol. The maximum Gasteiger partial charge on any atom is 0.433 e. The number of carbonyl (C=O) groups is 1. The van der Waals surface area contributed by atoms with Crippen molar-refractivity contribution in [1.29, 1.82) is 0 Å². The second kappa shape index (κ2) is 7.95. The molecule has 30 heavy (non-hydrogen) atoms. The lowest BCUT2D eigenvalue weighted by Gasteiger charge is -2.19. The van der Waals surface area contributed by atoms with E-state index < -0.39 is 38.7 Å². The van der Waals surface area contributed by atoms with Crippen LogP contribution in [0.15, 0.2) is 15.6 Å². The number of nitrogens with two attached hydrogens (primary N) is 1. The summed E-state index contributed by atoms with van der Waals surface area (Å²) in [7, 11) is -4.05. The SMILES string of the molecule is CCc1c(C(F)(F)F)nc2c(c1NC(=O)N=[S@@](N)(=O)c1nn(CC)cc1F)CCC2. The Balaban J connectivity index is 2.05. The summed E-state index contributed by atoms with van der Waals surface area (Å²) in [5.74, 6) is -1.00. The Bertz CT molecular complexity index is 1120. The Morgan fingerprint density at radius 3 is 2.63 bits per heavy atom. The molecule has 8 nitrogen and oxygen atoms in total. The van der Waals surface area contributed by atoms with Crippen LogP contribution in [0.3, 0.4) is 0 Å². The molecule has 2 aromatic rings. The highest BCUT2D eigenvalue weighted by Gasteiger charge is 2.38. The van der Waals surface area contributed by atoms with Gasteiger partial charge in [0.1, 0.15) is 5.69 Å². The molecule has 1 aliphatic rings. The minimum atomic E-state index is -4.71. The Hall–Kier alpha value is -2.54. The number of urea groups is 1. The second-order valence-corrected chi connectivity index (χ2v) is 8.38. The van der Waals surface area contributed by atoms with E-state index in [1.807, 2.05) is 0 Å². The molecule has 2 amide bonds. The molecule has 0 unspecified atom stereocenters. The van der Waals surface area contributed by atoms with Crippen molar-refractivity contribution in [3.05, 3.63) is 34.5 Å². The van der Waals surface area contributed by atoms with Crippen LogP contribution in [0.25, 0.3) is 0 Å². The molecule has 1 atom stereocenters. The summed E-state index contributed by atoms with van der Waals surface area (Å²) in [6.07, 6.45) is -2.46. The van der Waals surface area contributed by atoms with Gasteiger partial charge >= 0.3 is 12.2 Å². The van der Waals surface area contributed by atoms with Gasteiger partial charge in [0.2, 0.25) is 5.03 Å². The lowest BCUT2D eigenvalue weighted by atomic mass is 10.0. The lowest BCUT2D eigenvalue weighted by molar-refractivity contribution is -0.141. The molecule has 3 rings (SSSR count). The summed E-state index contributed by atoms with van der Waals surface area (Å²) >= 11 is 0. The molecule has 0 bridgehead atoms. The first kappa shape index (κ1) is 22.2. The number of anilines is 1. The van der Waals surface area contributed by atoms with Crippen LogP contribution in [-0.2, 0) is 41.9 Å². The quantitative estimate of drug-likeness (QED) is 0.697. The third-order valence-corrected chi connectivity index (χ3v) is 5.95. The molecule has 0 radical (unpaired) electrons. The van der Waals surface area contributed by atoms with Gasteiger partial charge in [-0.05, 0) is 38.2 Å². The molecule has 0 aromatic carbocycles. The van der Waals surface area contributed by atoms with E-state index >= 15 is 0 Å². The standard InChI is InChI=1S/C17H20F4N6O2S/c1-3-9-13(10-6-5-7-12(10)23-14(9)17(19,20)21)24-16(28)26-30(22,29)15-11(18)8-27(4-2)25-15/h8H,3-7H2,1-2H3,(H3,22,23,24,26,28,29)/t30-/m1/s1. The van der Waals surface area contributed by atoms with Crippen LogP contribution >= 0.6 is 0 Å². The zero-order valence-corrected chi connectivity index (χ0v) is 17.0. The summed E-state index contributed by atoms with van der Waals surface area (Å²) in [5.41, 5.74) is -0.612. The number of aryl methyl sites for hydroxylation is 2. The number of carbonyl (C=O) groups excluding carboxylic acids is 1. The molecule has 1 aliphatic carbocycles. The van der Waals surface area contributed by atoms with E-state index in [2.05, 4.69) is 19.8 Å². The van der Waals surface area contributed by atoms with Crippen molar-refractivity contribution in [2.45, 2.75) is 57.3 Å². The summed E-state index contributed by atoms with van der Waals surface area (Å²) in [6, 6.07) is -1.25. The van der Waals surface area contributed by atoms with Gasteiger partial charge in [-0.1, -0.05) is 6.92 Å². The first-order chi connectivity index (χ1) is 14.0. The van der Waals surface area contributed by atoms with Gasteiger partial charge in [-0.25, -0.2) is 23.5 Å². The van der Waals surface area contributed by atoms with Crippen LogP contribution in [0, 0.1) is 5.82 Å². The molecular weight excluding hydrogens is 428 g/mol. The number of halogens is 4. The first-order valence-electron chi connectivity index (χ1n) is 9.18. The van der Waals surface area contributed by atoms with E-state index in [4.69, 9.17) is 5.14 Å². The molecule has 0 saturated carbocycles. The fourth-order valence-electron chi connectivity index (χ4n) is 3.39. The van der Waals surface area contributed by atoms with Gasteiger partial charge in [-0.15, -0.1) is 4.36 Å². The predicted octanol–water partition coefficient (Wildman–Crippen LogP) is 3.44. The molecule has 0 fully saturated rings. The van der Waals surface area contributed by atoms with E-state index in [1.165, 1.54) is 6.92 Å². The zero-order valence-electron chi connectivity index (χ0n) is 16.2. The topological polar surface area (TPSA) is 115 Å². The number of alkyl halides is 3. The van der Waals surface area contributed by atoms with Gasteiger partial charge in [0.05, 0.1) is 11.9 Å². The number of pyridine rings is 1. The highest BCUT2D eigenvalue weighted by atomic mass is 32.2. The van der Waals surface area contributed by atoms with E-state index in [0.29, 0.717) is 24.8 Å². The maximum atomic E-state index is 14.0. The van der Waals surface area contributed by atoms with Crippen molar-refractivity contribution in [2.75, 3.05) is 5.32 Å². The number of aromatic nitrogens is 3. The van der Waals surface area contributed by atoms with E-state index in [9.17, 15) is 26.6 Å². The number of nitrogens with one attached hydrogen (secondary N) is 1. The van der Waals surface area contributed by atoms with Crippen LogP contribution < -0.4 is 10.5 Å². The largest absolute Gasteiger partial charge is 0.433 e. The molecular formula is C17H20F4N6O2S. The molecule has 3 N–H and O–H groups in total. The summed E-state index contributed by atoms with van der Waals surface area (Å²) in [6.45, 7) is 3.42. The Morgan fingerprint density at radius 2 is 2.07 bits per heavy atom. The van der Waals surface area contributed by atoms with Gasteiger partial charge in [0, 0.05) is 17.8 Å². The second-order valence-electron chi connectivity index (χ2n) is 6.67. The number of hydrogen-bond donors (Lipinski definition) is 2. The normalized spacial score (nSPS) is 15.6. The summed E-state index contributed by atoms with van der Waals surface area (Å²) in [5, 5.41) is 10.8. The maximum absolute atomic E-state index is 14.0. The Labute approximate surface area is 170 Å². The zero-order chi connectivity index (χ0) is 22.3. The number of nitrogens with zero attached hydrogens (tertiary/aromatic N) is 4. The number of amides is 2. The molecule has 2 heterocycles. The average molecular weight is 448 g/mol. The van der Waals surface area contributed by atoms with Gasteiger partial charge in [-0.3, -0.25) is 4.68 Å². The highest BCUT2D eigenvalue weighted by molar-refractivity contribution is 7.91. The molecule has 0 aliphatic heterocycles. The fourth-order valence-corrected chi connectivity index (χ4v) is 4.32. The van der Waals surface area contributed by atoms with Gasteiger partial charge < -0.3 is 5.32 Å². The Morgan fingerprint density at radius 1 is 1.37 bits per heavy atom. The molecule has 2 aromatic heterocycles. The van der Waals surface area contributed by atoms with Crippen LogP contribution in [0.4, 0.5) is 28.0 Å². The molecule has 0 saturated heterocycles. The van der Waals surface area contributed by atoms with Crippen LogP contribution in [-0.4, -0.2) is 25.0 Å². The first-order valence-corrected chi connectivity index (χ1v) is 10.8. The third-order valence-electron chi connectivity index (χ3n) is 4.68. The summed E-state index contributed by atoms with van der Waals surface area (Å²) < 4.78 is 71.5. The van der Waals surface area contributed by atoms with Crippen molar-refractivity contribution in [1.82, 2.24) is 14.8 Å². The van der Waals surface area contributed by atoms with E-state index in [1.54, 1.807) is 6.92 Å². The van der Waals surface area contributed by atoms with E-state index in [-0.39, 0.29) is 29.9 Å². The van der Waals surface area contributed by atoms with Crippen molar-refractivity contribution < 1.29 is 26.6 Å². The average Bonchev–Trinajstić information content (AvgIpc) is 3.26. The Kier molecular flexibility index (Phi) is 5.87. The van der Waals surface area contributed by atoms with E-state index in [0.717, 1.165) is 10.9 Å². The number of rotatable bonds is 4. The smallest absolute Gasteiger partial charge is 0.305 e. The van der Waals surface area contributed by atoms with Crippen molar-refractivity contribution >= 4 is 21.6 Å². The van der Waals surface area contributed by atoms with Crippen LogP contribution in [0.5, 0.6) is 0 Å². The predicted molar refractivity (Wildman–Crippen MR) is 101 cm³/mol. The van der Waals surface area contributed by atoms with Crippen molar-refractivity contribution in [3.63, 3.8) is 0 Å². The number of hydrogen-bond acceptors (Lipinski definition) is 4. The van der Waals surface area contributed by atoms with Crippen LogP contribution in [0.1, 0.15) is 42.8 Å². The molecule has 13 heteroatoms. The third kappa shape index (κ3) is 4.17. The summed E-state index contributed by atoms with van der Waals surface area (Å²) in [4.78, 5) is 16.2. The molecule has 0 spiro atoms. The van der Waals surface area contributed by atoms with Gasteiger partial charge in [0.15, 0.2) is 15.7 Å². The van der Waals surface area contributed by atoms with Crippen LogP contribution in [0.2, 0.25) is 0 Å². The minimum absolute atomic E-state index is 0.0573. The fraction of sp³-hybridized carbons (Fsp3) is 0.471. The molecule has 164 valence electrons. The lowest BCUT2D eigenvalue weighted by Crippen LogP contribution is -2.22. The number of fused-ring (bicyclic) bond motifs is 1. The van der Waals surface area contributed by atoms with Gasteiger partial charge in [-0.2, -0.15) is 18.3 Å². The van der Waals surface area contributed by atoms with Crippen molar-refractivity contribution in [3.8, 4) is 0 Å². The van der Waals surface area contributed by atoms with Crippen molar-refractivity contribution in [2.24, 2.45) is 9.50 Å². The minimum Gasteiger partial charge on any atom is -0.305 e. The highest BCUT2D eigenvalue weighted by Crippen LogP contribution is 2.39.